The topological polar surface area (TPSA) is 63.5 Å². The third-order valence-corrected chi connectivity index (χ3v) is 4.72. The van der Waals surface area contributed by atoms with Crippen molar-refractivity contribution in [2.24, 2.45) is 0 Å². The van der Waals surface area contributed by atoms with E-state index in [1.165, 1.54) is 0 Å². The van der Waals surface area contributed by atoms with Crippen LogP contribution in [0.3, 0.4) is 0 Å². The Labute approximate surface area is 133 Å². The van der Waals surface area contributed by atoms with Crippen LogP contribution in [-0.4, -0.2) is 24.1 Å². The third-order valence-electron chi connectivity index (χ3n) is 3.01. The maximum absolute atomic E-state index is 11.3. The molecular formula is C15H15N3O2S2. The van der Waals surface area contributed by atoms with Crippen molar-refractivity contribution in [3.8, 4) is 0 Å². The van der Waals surface area contributed by atoms with Crippen LogP contribution in [0.25, 0.3) is 5.65 Å². The van der Waals surface area contributed by atoms with E-state index in [9.17, 15) is 8.42 Å². The van der Waals surface area contributed by atoms with Crippen molar-refractivity contribution in [2.75, 3.05) is 11.0 Å². The highest BCUT2D eigenvalue weighted by atomic mass is 32.2. The number of hydrogen-bond donors (Lipinski definition) is 1. The van der Waals surface area contributed by atoms with E-state index in [1.54, 1.807) is 24.0 Å². The lowest BCUT2D eigenvalue weighted by molar-refractivity contribution is 0.607. The summed E-state index contributed by atoms with van der Waals surface area (Å²) in [6.07, 6.45) is 4.85. The van der Waals surface area contributed by atoms with Crippen molar-refractivity contribution in [1.29, 1.82) is 0 Å². The zero-order valence-electron chi connectivity index (χ0n) is 11.9. The Balaban J connectivity index is 1.76. The van der Waals surface area contributed by atoms with Gasteiger partial charge in [-0.25, -0.2) is 13.4 Å². The zero-order chi connectivity index (χ0) is 15.6. The Morgan fingerprint density at radius 3 is 2.86 bits per heavy atom. The number of sulfonamides is 1. The predicted molar refractivity (Wildman–Crippen MR) is 89.7 cm³/mol. The average molecular weight is 333 g/mol. The number of benzene rings is 1. The van der Waals surface area contributed by atoms with E-state index in [2.05, 4.69) is 9.71 Å². The normalized spacial score (nSPS) is 11.7. The molecule has 3 aromatic rings. The lowest BCUT2D eigenvalue weighted by Gasteiger charge is -2.08. The molecule has 0 spiro atoms. The Morgan fingerprint density at radius 2 is 2.05 bits per heavy atom. The number of fused-ring (bicyclic) bond motifs is 1. The van der Waals surface area contributed by atoms with Gasteiger partial charge in [-0.1, -0.05) is 18.2 Å². The van der Waals surface area contributed by atoms with Crippen LogP contribution in [0, 0.1) is 0 Å². The highest BCUT2D eigenvalue weighted by Gasteiger charge is 2.05. The van der Waals surface area contributed by atoms with E-state index in [-0.39, 0.29) is 0 Å². The molecule has 0 bridgehead atoms. The van der Waals surface area contributed by atoms with E-state index in [0.717, 1.165) is 28.2 Å². The monoisotopic (exact) mass is 333 g/mol. The number of pyridine rings is 1. The summed E-state index contributed by atoms with van der Waals surface area (Å²) in [5, 5.41) is 1.09. The lowest BCUT2D eigenvalue weighted by Crippen LogP contribution is -2.09. The van der Waals surface area contributed by atoms with E-state index >= 15 is 0 Å². The van der Waals surface area contributed by atoms with Crippen LogP contribution in [0.4, 0.5) is 5.69 Å². The van der Waals surface area contributed by atoms with Crippen LogP contribution in [0.15, 0.2) is 59.9 Å². The van der Waals surface area contributed by atoms with Gasteiger partial charge in [0.1, 0.15) is 5.65 Å². The van der Waals surface area contributed by atoms with Crippen molar-refractivity contribution in [2.45, 2.75) is 10.8 Å². The van der Waals surface area contributed by atoms with E-state index in [1.807, 2.05) is 47.0 Å². The first-order chi connectivity index (χ1) is 10.5. The van der Waals surface area contributed by atoms with Gasteiger partial charge >= 0.3 is 0 Å². The summed E-state index contributed by atoms with van der Waals surface area (Å²) < 4.78 is 27.1. The van der Waals surface area contributed by atoms with Crippen molar-refractivity contribution in [3.63, 3.8) is 0 Å². The maximum Gasteiger partial charge on any atom is 0.229 e. The molecule has 114 valence electrons. The number of nitrogens with one attached hydrogen (secondary N) is 1. The zero-order valence-corrected chi connectivity index (χ0v) is 13.6. The molecule has 7 heteroatoms. The number of imidazole rings is 1. The minimum atomic E-state index is -3.25. The Kier molecular flexibility index (Phi) is 4.08. The van der Waals surface area contributed by atoms with Gasteiger partial charge in [0.2, 0.25) is 10.0 Å². The molecule has 0 aliphatic rings. The molecule has 5 nitrogen and oxygen atoms in total. The summed E-state index contributed by atoms with van der Waals surface area (Å²) in [5.74, 6) is 0.747. The van der Waals surface area contributed by atoms with Gasteiger partial charge in [0, 0.05) is 23.8 Å². The number of nitrogens with zero attached hydrogens (tertiary/aromatic N) is 2. The standard InChI is InChI=1S/C15H15N3O2S2/c1-22(19,20)17-13-5-2-4-12(10-13)11-21-15-7-3-6-14-16-8-9-18(14)15/h2-10,17H,11H2,1H3. The van der Waals surface area contributed by atoms with E-state index < -0.39 is 10.0 Å². The van der Waals surface area contributed by atoms with Crippen molar-refractivity contribution in [1.82, 2.24) is 9.38 Å². The second-order valence-corrected chi connectivity index (χ2v) is 7.63. The fourth-order valence-electron chi connectivity index (χ4n) is 2.14. The highest BCUT2D eigenvalue weighted by molar-refractivity contribution is 7.98. The van der Waals surface area contributed by atoms with Gasteiger partial charge in [-0.3, -0.25) is 9.12 Å². The van der Waals surface area contributed by atoms with Gasteiger partial charge in [0.05, 0.1) is 11.3 Å². The third kappa shape index (κ3) is 3.61. The molecule has 0 aliphatic carbocycles. The van der Waals surface area contributed by atoms with Crippen molar-refractivity contribution >= 4 is 33.1 Å². The first-order valence-corrected chi connectivity index (χ1v) is 9.51. The molecule has 0 atom stereocenters. The number of aromatic nitrogens is 2. The molecule has 0 saturated carbocycles. The fraction of sp³-hybridized carbons (Fsp3) is 0.133. The van der Waals surface area contributed by atoms with Crippen LogP contribution in [0.5, 0.6) is 0 Å². The summed E-state index contributed by atoms with van der Waals surface area (Å²) >= 11 is 1.68. The smallest absolute Gasteiger partial charge is 0.229 e. The van der Waals surface area contributed by atoms with Gasteiger partial charge in [-0.15, -0.1) is 11.8 Å². The molecule has 0 unspecified atom stereocenters. The molecule has 0 amide bonds. The van der Waals surface area contributed by atoms with E-state index in [4.69, 9.17) is 0 Å². The second kappa shape index (κ2) is 6.02. The van der Waals surface area contributed by atoms with Crippen LogP contribution in [0.1, 0.15) is 5.56 Å². The Hall–Kier alpha value is -1.99. The summed E-state index contributed by atoms with van der Waals surface area (Å²) in [6.45, 7) is 0. The molecule has 22 heavy (non-hydrogen) atoms. The number of hydrogen-bond acceptors (Lipinski definition) is 4. The molecule has 3 rings (SSSR count). The van der Waals surface area contributed by atoms with E-state index in [0.29, 0.717) is 5.69 Å². The first-order valence-electron chi connectivity index (χ1n) is 6.63. The summed E-state index contributed by atoms with van der Waals surface area (Å²) in [6, 6.07) is 13.4. The largest absolute Gasteiger partial charge is 0.294 e. The molecule has 2 heterocycles. The van der Waals surface area contributed by atoms with Crippen LogP contribution in [0.2, 0.25) is 0 Å². The number of rotatable bonds is 5. The summed E-state index contributed by atoms with van der Waals surface area (Å²) in [7, 11) is -3.25. The second-order valence-electron chi connectivity index (χ2n) is 4.88. The van der Waals surface area contributed by atoms with Gasteiger partial charge in [0.15, 0.2) is 0 Å². The van der Waals surface area contributed by atoms with Gasteiger partial charge in [-0.05, 0) is 29.8 Å². The molecule has 0 fully saturated rings. The molecule has 0 aliphatic heterocycles. The Morgan fingerprint density at radius 1 is 1.23 bits per heavy atom. The SMILES string of the molecule is CS(=O)(=O)Nc1cccc(CSc2cccc3nccn23)c1. The average Bonchev–Trinajstić information content (AvgIpc) is 2.92. The summed E-state index contributed by atoms with van der Waals surface area (Å²) in [5.41, 5.74) is 2.55. The van der Waals surface area contributed by atoms with Gasteiger partial charge < -0.3 is 0 Å². The summed E-state index contributed by atoms with van der Waals surface area (Å²) in [4.78, 5) is 4.26. The van der Waals surface area contributed by atoms with Crippen molar-refractivity contribution in [3.05, 3.63) is 60.4 Å². The fourth-order valence-corrected chi connectivity index (χ4v) is 3.65. The highest BCUT2D eigenvalue weighted by Crippen LogP contribution is 2.24. The lowest BCUT2D eigenvalue weighted by atomic mass is 10.2. The van der Waals surface area contributed by atoms with Crippen LogP contribution >= 0.6 is 11.8 Å². The van der Waals surface area contributed by atoms with Crippen LogP contribution < -0.4 is 4.72 Å². The minimum absolute atomic E-state index is 0.585. The molecule has 1 N–H and O–H groups in total. The van der Waals surface area contributed by atoms with Crippen molar-refractivity contribution < 1.29 is 8.42 Å². The Bertz CT molecular complexity index is 904. The van der Waals surface area contributed by atoms with Gasteiger partial charge in [-0.2, -0.15) is 0 Å². The molecule has 0 saturated heterocycles. The maximum atomic E-state index is 11.3. The molecule has 1 aromatic carbocycles. The van der Waals surface area contributed by atoms with Gasteiger partial charge in [0.25, 0.3) is 0 Å². The quantitative estimate of drug-likeness (QED) is 0.729. The van der Waals surface area contributed by atoms with Crippen LogP contribution in [-0.2, 0) is 15.8 Å². The first kappa shape index (κ1) is 14.9. The molecule has 2 aromatic heterocycles. The number of thioether (sulfide) groups is 1. The number of anilines is 1. The molecule has 0 radical (unpaired) electrons. The predicted octanol–water partition coefficient (Wildman–Crippen LogP) is 3.00. The molecular weight excluding hydrogens is 318 g/mol. The minimum Gasteiger partial charge on any atom is -0.294 e.